The molecule has 3 fully saturated rings. The molecular weight excluding hydrogens is 320 g/mol. The smallest absolute Gasteiger partial charge is 0.410 e. The molecule has 0 N–H and O–H groups in total. The molecule has 2 atom stereocenters. The first-order valence-electron chi connectivity index (χ1n) is 8.08. The molecule has 3 heterocycles. The molecule has 132 valence electrons. The molecular formula is C16H27ClN2O4. The number of amides is 2. The fourth-order valence-electron chi connectivity index (χ4n) is 4.05. The summed E-state index contributed by atoms with van der Waals surface area (Å²) in [7, 11) is 1.83. The zero-order chi connectivity index (χ0) is 16.1. The Kier molecular flexibility index (Phi) is 4.89. The Balaban J connectivity index is 0.00000192. The molecule has 2 amide bonds. The number of nitrogens with zero attached hydrogens (tertiary/aromatic N) is 2. The van der Waals surface area contributed by atoms with Crippen LogP contribution in [0.4, 0.5) is 4.79 Å². The van der Waals surface area contributed by atoms with E-state index in [-0.39, 0.29) is 48.7 Å². The standard InChI is InChI=1S/C16H26N2O4.ClH/c1-15(2,3)22-14(20)18-11-5-6-12(18)8-16(7-11)10-17(4)13(19)9-21-16;/h11-12H,5-10H2,1-4H3;1H. The summed E-state index contributed by atoms with van der Waals surface area (Å²) in [6.45, 7) is 6.46. The van der Waals surface area contributed by atoms with E-state index < -0.39 is 5.60 Å². The molecule has 23 heavy (non-hydrogen) atoms. The van der Waals surface area contributed by atoms with Crippen LogP contribution in [0.1, 0.15) is 46.5 Å². The van der Waals surface area contributed by atoms with E-state index in [0.29, 0.717) is 6.54 Å². The first-order valence-corrected chi connectivity index (χ1v) is 8.08. The molecule has 0 radical (unpaired) electrons. The third-order valence-electron chi connectivity index (χ3n) is 4.89. The summed E-state index contributed by atoms with van der Waals surface area (Å²) in [5.74, 6) is 0.0348. The van der Waals surface area contributed by atoms with Gasteiger partial charge in [-0.3, -0.25) is 4.79 Å². The number of hydrogen-bond donors (Lipinski definition) is 0. The Bertz CT molecular complexity index is 477. The Morgan fingerprint density at radius 1 is 1.26 bits per heavy atom. The van der Waals surface area contributed by atoms with Crippen molar-refractivity contribution in [2.45, 2.75) is 69.7 Å². The Labute approximate surface area is 143 Å². The molecule has 0 aliphatic carbocycles. The van der Waals surface area contributed by atoms with Crippen molar-refractivity contribution < 1.29 is 19.1 Å². The maximum atomic E-state index is 12.5. The van der Waals surface area contributed by atoms with Crippen LogP contribution in [0, 0.1) is 0 Å². The number of likely N-dealkylation sites (N-methyl/N-ethyl adjacent to an activating group) is 1. The van der Waals surface area contributed by atoms with Crippen molar-refractivity contribution in [1.29, 1.82) is 0 Å². The minimum atomic E-state index is -0.473. The second-order valence-electron chi connectivity index (χ2n) is 7.90. The summed E-state index contributed by atoms with van der Waals surface area (Å²) in [5, 5.41) is 0. The topological polar surface area (TPSA) is 59.1 Å². The van der Waals surface area contributed by atoms with Crippen LogP contribution in [-0.4, -0.2) is 65.3 Å². The maximum Gasteiger partial charge on any atom is 0.410 e. The van der Waals surface area contributed by atoms with Gasteiger partial charge in [-0.05, 0) is 46.5 Å². The second-order valence-corrected chi connectivity index (χ2v) is 7.90. The summed E-state index contributed by atoms with van der Waals surface area (Å²) in [6.07, 6.45) is 3.36. The zero-order valence-electron chi connectivity index (χ0n) is 14.3. The lowest BCUT2D eigenvalue weighted by molar-refractivity contribution is -0.173. The molecule has 0 aromatic rings. The number of fused-ring (bicyclic) bond motifs is 2. The molecule has 2 bridgehead atoms. The van der Waals surface area contributed by atoms with Crippen molar-refractivity contribution in [3.05, 3.63) is 0 Å². The molecule has 6 nitrogen and oxygen atoms in total. The van der Waals surface area contributed by atoms with Crippen LogP contribution in [0.15, 0.2) is 0 Å². The highest BCUT2D eigenvalue weighted by Gasteiger charge is 2.53. The number of hydrogen-bond acceptors (Lipinski definition) is 4. The summed E-state index contributed by atoms with van der Waals surface area (Å²) in [6, 6.07) is 0.324. The van der Waals surface area contributed by atoms with Gasteiger partial charge in [-0.1, -0.05) is 0 Å². The van der Waals surface area contributed by atoms with Gasteiger partial charge in [0.15, 0.2) is 0 Å². The van der Waals surface area contributed by atoms with Gasteiger partial charge in [0, 0.05) is 25.7 Å². The van der Waals surface area contributed by atoms with Gasteiger partial charge in [-0.2, -0.15) is 0 Å². The highest BCUT2D eigenvalue weighted by Crippen LogP contribution is 2.44. The van der Waals surface area contributed by atoms with Gasteiger partial charge in [0.05, 0.1) is 5.60 Å². The largest absolute Gasteiger partial charge is 0.444 e. The van der Waals surface area contributed by atoms with Crippen molar-refractivity contribution in [2.75, 3.05) is 20.2 Å². The average molecular weight is 347 g/mol. The van der Waals surface area contributed by atoms with E-state index in [1.54, 1.807) is 4.90 Å². The number of carbonyl (C=O) groups is 2. The van der Waals surface area contributed by atoms with Gasteiger partial charge in [-0.15, -0.1) is 12.4 Å². The van der Waals surface area contributed by atoms with Crippen molar-refractivity contribution in [3.8, 4) is 0 Å². The molecule has 0 aromatic carbocycles. The summed E-state index contributed by atoms with van der Waals surface area (Å²) in [4.78, 5) is 27.8. The van der Waals surface area contributed by atoms with Crippen LogP contribution in [0.3, 0.4) is 0 Å². The van der Waals surface area contributed by atoms with E-state index in [9.17, 15) is 9.59 Å². The number of morpholine rings is 1. The van der Waals surface area contributed by atoms with Gasteiger partial charge in [0.1, 0.15) is 12.2 Å². The lowest BCUT2D eigenvalue weighted by Crippen LogP contribution is -2.61. The number of halogens is 1. The van der Waals surface area contributed by atoms with Gasteiger partial charge < -0.3 is 19.3 Å². The van der Waals surface area contributed by atoms with Crippen molar-refractivity contribution in [1.82, 2.24) is 9.80 Å². The van der Waals surface area contributed by atoms with Crippen LogP contribution in [0.2, 0.25) is 0 Å². The number of carbonyl (C=O) groups excluding carboxylic acids is 2. The van der Waals surface area contributed by atoms with Crippen molar-refractivity contribution in [3.63, 3.8) is 0 Å². The Morgan fingerprint density at radius 3 is 2.30 bits per heavy atom. The molecule has 1 spiro atoms. The highest BCUT2D eigenvalue weighted by atomic mass is 35.5. The van der Waals surface area contributed by atoms with Crippen molar-refractivity contribution >= 4 is 24.4 Å². The maximum absolute atomic E-state index is 12.5. The van der Waals surface area contributed by atoms with E-state index in [1.165, 1.54) is 0 Å². The monoisotopic (exact) mass is 346 g/mol. The first-order chi connectivity index (χ1) is 10.2. The number of rotatable bonds is 0. The normalized spacial score (nSPS) is 33.7. The lowest BCUT2D eigenvalue weighted by Gasteiger charge is -2.49. The average Bonchev–Trinajstić information content (AvgIpc) is 2.66. The van der Waals surface area contributed by atoms with Crippen LogP contribution >= 0.6 is 12.4 Å². The van der Waals surface area contributed by atoms with Gasteiger partial charge >= 0.3 is 6.09 Å². The van der Waals surface area contributed by atoms with E-state index in [1.807, 2.05) is 32.7 Å². The van der Waals surface area contributed by atoms with E-state index in [2.05, 4.69) is 0 Å². The molecule has 3 saturated heterocycles. The molecule has 3 aliphatic heterocycles. The third-order valence-corrected chi connectivity index (χ3v) is 4.89. The first kappa shape index (κ1) is 18.3. The predicted molar refractivity (Wildman–Crippen MR) is 87.7 cm³/mol. The summed E-state index contributed by atoms with van der Waals surface area (Å²) < 4.78 is 11.5. The van der Waals surface area contributed by atoms with E-state index in [4.69, 9.17) is 9.47 Å². The molecule has 3 aliphatic rings. The molecule has 0 saturated carbocycles. The van der Waals surface area contributed by atoms with Crippen LogP contribution in [0.25, 0.3) is 0 Å². The quantitative estimate of drug-likeness (QED) is 0.674. The fourth-order valence-corrected chi connectivity index (χ4v) is 4.05. The minimum absolute atomic E-state index is 0. The minimum Gasteiger partial charge on any atom is -0.444 e. The molecule has 7 heteroatoms. The van der Waals surface area contributed by atoms with Gasteiger partial charge in [-0.25, -0.2) is 4.79 Å². The van der Waals surface area contributed by atoms with Gasteiger partial charge in [0.25, 0.3) is 0 Å². The molecule has 3 rings (SSSR count). The third kappa shape index (κ3) is 3.58. The van der Waals surface area contributed by atoms with Crippen molar-refractivity contribution in [2.24, 2.45) is 0 Å². The van der Waals surface area contributed by atoms with E-state index in [0.717, 1.165) is 25.7 Å². The van der Waals surface area contributed by atoms with E-state index >= 15 is 0 Å². The Morgan fingerprint density at radius 2 is 1.83 bits per heavy atom. The zero-order valence-corrected chi connectivity index (χ0v) is 15.1. The molecule has 2 unspecified atom stereocenters. The summed E-state index contributed by atoms with van der Waals surface area (Å²) >= 11 is 0. The Hall–Kier alpha value is -1.01. The van der Waals surface area contributed by atoms with Crippen LogP contribution in [0.5, 0.6) is 0 Å². The highest BCUT2D eigenvalue weighted by molar-refractivity contribution is 5.85. The second kappa shape index (κ2) is 6.13. The summed E-state index contributed by atoms with van der Waals surface area (Å²) in [5.41, 5.74) is -0.757. The van der Waals surface area contributed by atoms with Crippen LogP contribution in [-0.2, 0) is 14.3 Å². The van der Waals surface area contributed by atoms with Crippen LogP contribution < -0.4 is 0 Å². The number of piperidine rings is 1. The number of ether oxygens (including phenoxy) is 2. The SMILES string of the molecule is CN1CC2(CC3CCC(C2)N3C(=O)OC(C)(C)C)OCC1=O.Cl. The lowest BCUT2D eigenvalue weighted by atomic mass is 9.84. The fraction of sp³-hybridized carbons (Fsp3) is 0.875. The van der Waals surface area contributed by atoms with Gasteiger partial charge in [0.2, 0.25) is 5.91 Å². The molecule has 0 aromatic heterocycles. The predicted octanol–water partition coefficient (Wildman–Crippen LogP) is 2.20.